The Morgan fingerprint density at radius 1 is 1.21 bits per heavy atom. The molecule has 0 bridgehead atoms. The first kappa shape index (κ1) is 20.3. The smallest absolute Gasteiger partial charge is 0.253 e. The molecule has 0 aliphatic carbocycles. The second kappa shape index (κ2) is 9.24. The van der Waals surface area contributed by atoms with Crippen molar-refractivity contribution in [2.45, 2.75) is 51.4 Å². The van der Waals surface area contributed by atoms with E-state index in [-0.39, 0.29) is 17.8 Å². The molecule has 2 aromatic rings. The number of hydrogen-bond acceptors (Lipinski definition) is 4. The van der Waals surface area contributed by atoms with Crippen LogP contribution in [0.4, 0.5) is 0 Å². The highest BCUT2D eigenvalue weighted by Gasteiger charge is 2.23. The first-order chi connectivity index (χ1) is 14.1. The molecule has 2 fully saturated rings. The molecule has 2 N–H and O–H groups in total. The number of nitrogens with zero attached hydrogens (tertiary/aromatic N) is 1. The molecule has 156 valence electrons. The Morgan fingerprint density at radius 3 is 2.69 bits per heavy atom. The average Bonchev–Trinajstić information content (AvgIpc) is 3.40. The van der Waals surface area contributed by atoms with Gasteiger partial charge in [0.05, 0.1) is 18.8 Å². The highest BCUT2D eigenvalue weighted by atomic mass is 32.1. The third-order valence-corrected chi connectivity index (χ3v) is 6.08. The average molecular weight is 416 g/mol. The fourth-order valence-electron chi connectivity index (χ4n) is 4.07. The maximum absolute atomic E-state index is 12.7. The molecule has 0 spiro atoms. The molecule has 6 nitrogen and oxygen atoms in total. The SMILES string of the molecule is Cc1ccc2[nH]c(=O)c(CN(C[C@@H]3CCCO3)C(=S)NC[C@H]3CCCO3)cc2c1. The highest BCUT2D eigenvalue weighted by Crippen LogP contribution is 2.17. The fraction of sp³-hybridized carbons (Fsp3) is 0.545. The van der Waals surface area contributed by atoms with E-state index in [0.29, 0.717) is 30.3 Å². The van der Waals surface area contributed by atoms with Crippen LogP contribution in [0.15, 0.2) is 29.1 Å². The molecule has 0 amide bonds. The molecule has 0 unspecified atom stereocenters. The zero-order valence-corrected chi connectivity index (χ0v) is 17.7. The number of thiocarbonyl (C=S) groups is 1. The van der Waals surface area contributed by atoms with Crippen molar-refractivity contribution in [3.05, 3.63) is 45.7 Å². The first-order valence-electron chi connectivity index (χ1n) is 10.5. The topological polar surface area (TPSA) is 66.6 Å². The molecule has 2 aliphatic heterocycles. The normalized spacial score (nSPS) is 21.6. The zero-order valence-electron chi connectivity index (χ0n) is 16.9. The monoisotopic (exact) mass is 415 g/mol. The van der Waals surface area contributed by atoms with Crippen LogP contribution < -0.4 is 10.9 Å². The van der Waals surface area contributed by atoms with Gasteiger partial charge in [-0.15, -0.1) is 0 Å². The van der Waals surface area contributed by atoms with Crippen molar-refractivity contribution >= 4 is 28.2 Å². The largest absolute Gasteiger partial charge is 0.376 e. The molecule has 2 aliphatic rings. The van der Waals surface area contributed by atoms with Crippen molar-refractivity contribution in [1.29, 1.82) is 0 Å². The summed E-state index contributed by atoms with van der Waals surface area (Å²) in [7, 11) is 0. The number of ether oxygens (including phenoxy) is 2. The highest BCUT2D eigenvalue weighted by molar-refractivity contribution is 7.80. The van der Waals surface area contributed by atoms with E-state index in [1.165, 1.54) is 5.56 Å². The summed E-state index contributed by atoms with van der Waals surface area (Å²) < 4.78 is 11.5. The fourth-order valence-corrected chi connectivity index (χ4v) is 4.29. The minimum Gasteiger partial charge on any atom is -0.376 e. The third-order valence-electron chi connectivity index (χ3n) is 5.68. The molecular weight excluding hydrogens is 386 g/mol. The van der Waals surface area contributed by atoms with Gasteiger partial charge in [0.1, 0.15) is 0 Å². The molecule has 0 saturated carbocycles. The summed E-state index contributed by atoms with van der Waals surface area (Å²) in [6.07, 6.45) is 4.63. The molecule has 2 saturated heterocycles. The number of nitrogens with one attached hydrogen (secondary N) is 2. The number of H-pyrrole nitrogens is 1. The van der Waals surface area contributed by atoms with Gasteiger partial charge in [-0.1, -0.05) is 11.6 Å². The van der Waals surface area contributed by atoms with Crippen LogP contribution in [0.3, 0.4) is 0 Å². The molecule has 29 heavy (non-hydrogen) atoms. The number of hydrogen-bond donors (Lipinski definition) is 2. The van der Waals surface area contributed by atoms with Crippen LogP contribution in [0, 0.1) is 6.92 Å². The van der Waals surface area contributed by atoms with Crippen molar-refractivity contribution in [2.24, 2.45) is 0 Å². The number of fused-ring (bicyclic) bond motifs is 1. The molecule has 1 aromatic carbocycles. The quantitative estimate of drug-likeness (QED) is 0.708. The minimum atomic E-state index is -0.0689. The van der Waals surface area contributed by atoms with E-state index in [0.717, 1.165) is 49.8 Å². The number of pyridine rings is 1. The van der Waals surface area contributed by atoms with Crippen LogP contribution in [0.1, 0.15) is 36.8 Å². The maximum Gasteiger partial charge on any atom is 0.253 e. The standard InChI is InChI=1S/C22H29N3O3S/c1-15-6-7-20-16(10-15)11-17(21(26)24-20)13-25(14-19-5-3-9-28-19)22(29)23-12-18-4-2-8-27-18/h6-7,10-11,18-19H,2-5,8-9,12-14H2,1H3,(H,23,29)(H,24,26)/t18-,19+/m1/s1. The van der Waals surface area contributed by atoms with Gasteiger partial charge in [0, 0.05) is 37.4 Å². The molecule has 1 aromatic heterocycles. The van der Waals surface area contributed by atoms with Gasteiger partial charge in [0.25, 0.3) is 5.56 Å². The summed E-state index contributed by atoms with van der Waals surface area (Å²) in [5.74, 6) is 0. The molecule has 2 atom stereocenters. The van der Waals surface area contributed by atoms with Gasteiger partial charge in [0.2, 0.25) is 0 Å². The van der Waals surface area contributed by atoms with Gasteiger partial charge >= 0.3 is 0 Å². The van der Waals surface area contributed by atoms with Gasteiger partial charge in [-0.25, -0.2) is 0 Å². The van der Waals surface area contributed by atoms with E-state index in [2.05, 4.69) is 28.2 Å². The summed E-state index contributed by atoms with van der Waals surface area (Å²) in [5.41, 5.74) is 2.66. The Morgan fingerprint density at radius 2 is 1.97 bits per heavy atom. The number of rotatable bonds is 6. The predicted molar refractivity (Wildman–Crippen MR) is 118 cm³/mol. The minimum absolute atomic E-state index is 0.0689. The lowest BCUT2D eigenvalue weighted by molar-refractivity contribution is 0.0885. The first-order valence-corrected chi connectivity index (χ1v) is 10.9. The van der Waals surface area contributed by atoms with Gasteiger partial charge in [-0.2, -0.15) is 0 Å². The van der Waals surface area contributed by atoms with E-state index in [9.17, 15) is 4.79 Å². The lowest BCUT2D eigenvalue weighted by Crippen LogP contribution is -2.45. The third kappa shape index (κ3) is 5.15. The van der Waals surface area contributed by atoms with Crippen LogP contribution in [0.2, 0.25) is 0 Å². The summed E-state index contributed by atoms with van der Waals surface area (Å²) in [5, 5.41) is 5.04. The van der Waals surface area contributed by atoms with Crippen LogP contribution in [-0.2, 0) is 16.0 Å². The molecule has 0 radical (unpaired) electrons. The maximum atomic E-state index is 12.7. The van der Waals surface area contributed by atoms with Crippen molar-refractivity contribution in [1.82, 2.24) is 15.2 Å². The van der Waals surface area contributed by atoms with E-state index < -0.39 is 0 Å². The van der Waals surface area contributed by atoms with Gasteiger partial charge < -0.3 is 24.7 Å². The molecule has 7 heteroatoms. The van der Waals surface area contributed by atoms with Crippen molar-refractivity contribution in [3.63, 3.8) is 0 Å². The number of aryl methyl sites for hydroxylation is 1. The Kier molecular flexibility index (Phi) is 6.47. The lowest BCUT2D eigenvalue weighted by Gasteiger charge is -2.28. The van der Waals surface area contributed by atoms with Crippen LogP contribution in [0.25, 0.3) is 10.9 Å². The van der Waals surface area contributed by atoms with E-state index in [1.54, 1.807) is 0 Å². The Hall–Kier alpha value is -1.96. The van der Waals surface area contributed by atoms with E-state index in [4.69, 9.17) is 21.7 Å². The Balaban J connectivity index is 1.51. The van der Waals surface area contributed by atoms with Crippen LogP contribution in [-0.4, -0.2) is 53.5 Å². The zero-order chi connectivity index (χ0) is 20.2. The Labute approximate surface area is 176 Å². The van der Waals surface area contributed by atoms with Crippen LogP contribution >= 0.6 is 12.2 Å². The van der Waals surface area contributed by atoms with Gasteiger partial charge in [0.15, 0.2) is 5.11 Å². The van der Waals surface area contributed by atoms with E-state index >= 15 is 0 Å². The molecular formula is C22H29N3O3S. The van der Waals surface area contributed by atoms with Crippen molar-refractivity contribution in [3.8, 4) is 0 Å². The number of aromatic nitrogens is 1. The summed E-state index contributed by atoms with van der Waals surface area (Å²) >= 11 is 5.70. The number of benzene rings is 1. The van der Waals surface area contributed by atoms with Crippen molar-refractivity contribution in [2.75, 3.05) is 26.3 Å². The summed E-state index contributed by atoms with van der Waals surface area (Å²) in [6.45, 7) is 5.51. The van der Waals surface area contributed by atoms with Gasteiger partial charge in [-0.05, 0) is 68.4 Å². The second-order valence-electron chi connectivity index (χ2n) is 8.05. The van der Waals surface area contributed by atoms with Crippen LogP contribution in [0.5, 0.6) is 0 Å². The van der Waals surface area contributed by atoms with Crippen molar-refractivity contribution < 1.29 is 9.47 Å². The molecule has 3 heterocycles. The number of aromatic amines is 1. The van der Waals surface area contributed by atoms with Gasteiger partial charge in [-0.3, -0.25) is 4.79 Å². The predicted octanol–water partition coefficient (Wildman–Crippen LogP) is 2.87. The Bertz CT molecular complexity index is 917. The van der Waals surface area contributed by atoms with E-state index in [1.807, 2.05) is 18.2 Å². The second-order valence-corrected chi connectivity index (χ2v) is 8.44. The molecule has 4 rings (SSSR count). The lowest BCUT2D eigenvalue weighted by atomic mass is 10.1. The summed E-state index contributed by atoms with van der Waals surface area (Å²) in [4.78, 5) is 17.7. The summed E-state index contributed by atoms with van der Waals surface area (Å²) in [6, 6.07) is 8.03.